The van der Waals surface area contributed by atoms with Gasteiger partial charge < -0.3 is 13.8 Å². The molecule has 27 heavy (non-hydrogen) atoms. The minimum Gasteiger partial charge on any atom is -0.463 e. The van der Waals surface area contributed by atoms with Gasteiger partial charge in [0.25, 0.3) is 5.91 Å². The molecule has 10 heteroatoms. The molecule has 1 aliphatic heterocycles. The molecule has 0 atom stereocenters. The Balaban J connectivity index is 1.24. The zero-order valence-corrected chi connectivity index (χ0v) is 13.9. The summed E-state index contributed by atoms with van der Waals surface area (Å²) in [6.45, 7) is 0.980. The number of nitrogens with one attached hydrogen (secondary N) is 1. The Morgan fingerprint density at radius 3 is 3.00 bits per heavy atom. The molecule has 1 aliphatic rings. The average Bonchev–Trinajstić information content (AvgIpc) is 3.41. The summed E-state index contributed by atoms with van der Waals surface area (Å²) in [4.78, 5) is 26.7. The zero-order valence-electron chi connectivity index (χ0n) is 13.9. The molecule has 1 amide bonds. The molecule has 0 radical (unpaired) electrons. The Morgan fingerprint density at radius 2 is 2.22 bits per heavy atom. The van der Waals surface area contributed by atoms with Crippen LogP contribution in [0.2, 0.25) is 0 Å². The fraction of sp³-hybridized carbons (Fsp3) is 0.176. The molecule has 0 aromatic carbocycles. The smallest absolute Gasteiger partial charge is 0.274 e. The Labute approximate surface area is 152 Å². The largest absolute Gasteiger partial charge is 0.463 e. The van der Waals surface area contributed by atoms with Gasteiger partial charge in [-0.25, -0.2) is 4.98 Å². The summed E-state index contributed by atoms with van der Waals surface area (Å²) < 4.78 is 10.6. The van der Waals surface area contributed by atoms with Gasteiger partial charge in [0.15, 0.2) is 11.5 Å². The van der Waals surface area contributed by atoms with Crippen molar-refractivity contribution < 1.29 is 13.7 Å². The molecule has 4 aromatic heterocycles. The minimum atomic E-state index is -0.158. The number of nitrogens with zero attached hydrogens (tertiary/aromatic N) is 6. The van der Waals surface area contributed by atoms with Crippen molar-refractivity contribution in [3.63, 3.8) is 0 Å². The Bertz CT molecular complexity index is 1070. The highest BCUT2D eigenvalue weighted by Crippen LogP contribution is 2.28. The van der Waals surface area contributed by atoms with Gasteiger partial charge in [-0.05, 0) is 12.1 Å². The lowest BCUT2D eigenvalue weighted by molar-refractivity contribution is 0.0563. The van der Waals surface area contributed by atoms with Crippen LogP contribution in [0.5, 0.6) is 0 Å². The molecule has 5 heterocycles. The van der Waals surface area contributed by atoms with Crippen molar-refractivity contribution in [1.29, 1.82) is 0 Å². The van der Waals surface area contributed by atoms with Crippen molar-refractivity contribution in [1.82, 2.24) is 35.2 Å². The van der Waals surface area contributed by atoms with E-state index in [2.05, 4.69) is 30.3 Å². The maximum Gasteiger partial charge on any atom is 0.274 e. The van der Waals surface area contributed by atoms with Crippen LogP contribution in [-0.2, 0) is 0 Å². The monoisotopic (exact) mass is 363 g/mol. The first-order valence-electron chi connectivity index (χ1n) is 8.26. The van der Waals surface area contributed by atoms with Crippen LogP contribution in [-0.4, -0.2) is 54.2 Å². The van der Waals surface area contributed by atoms with Crippen LogP contribution in [0.4, 0.5) is 0 Å². The number of hydrogen-bond acceptors (Lipinski definition) is 8. The molecule has 1 N–H and O–H groups in total. The molecular weight excluding hydrogens is 350 g/mol. The molecule has 4 aromatic rings. The van der Waals surface area contributed by atoms with Gasteiger partial charge in [0.05, 0.1) is 18.4 Å². The van der Waals surface area contributed by atoms with E-state index in [0.29, 0.717) is 47.6 Å². The summed E-state index contributed by atoms with van der Waals surface area (Å²) in [5, 5.41) is 10.8. The number of hydrogen-bond donors (Lipinski definition) is 1. The van der Waals surface area contributed by atoms with Crippen LogP contribution < -0.4 is 0 Å². The predicted molar refractivity (Wildman–Crippen MR) is 90.3 cm³/mol. The van der Waals surface area contributed by atoms with Crippen molar-refractivity contribution in [2.24, 2.45) is 0 Å². The fourth-order valence-corrected chi connectivity index (χ4v) is 2.87. The summed E-state index contributed by atoms with van der Waals surface area (Å²) in [7, 11) is 0. The SMILES string of the molecule is O=C(c1cc(-c2ccco2)[nH]n1)N1CC(c2nc(-c3cnccn3)no2)C1. The maximum absolute atomic E-state index is 12.5. The van der Waals surface area contributed by atoms with Crippen LogP contribution in [0.15, 0.2) is 52.0 Å². The summed E-state index contributed by atoms with van der Waals surface area (Å²) in [6.07, 6.45) is 6.28. The third-order valence-corrected chi connectivity index (χ3v) is 4.34. The third-order valence-electron chi connectivity index (χ3n) is 4.34. The number of carbonyl (C=O) groups is 1. The topological polar surface area (TPSA) is 127 Å². The van der Waals surface area contributed by atoms with Crippen molar-refractivity contribution >= 4 is 5.91 Å². The fourth-order valence-electron chi connectivity index (χ4n) is 2.87. The molecule has 1 saturated heterocycles. The van der Waals surface area contributed by atoms with E-state index in [9.17, 15) is 4.79 Å². The molecule has 10 nitrogen and oxygen atoms in total. The van der Waals surface area contributed by atoms with Crippen molar-refractivity contribution in [2.45, 2.75) is 5.92 Å². The van der Waals surface area contributed by atoms with Gasteiger partial charge in [-0.2, -0.15) is 10.1 Å². The molecule has 0 saturated carbocycles. The first-order chi connectivity index (χ1) is 13.3. The second-order valence-corrected chi connectivity index (χ2v) is 6.10. The number of aromatic nitrogens is 6. The lowest BCUT2D eigenvalue weighted by Crippen LogP contribution is -2.48. The molecule has 5 rings (SSSR count). The maximum atomic E-state index is 12.5. The van der Waals surface area contributed by atoms with Crippen LogP contribution in [0.1, 0.15) is 22.3 Å². The van der Waals surface area contributed by atoms with Crippen LogP contribution >= 0.6 is 0 Å². The third kappa shape index (κ3) is 2.76. The molecule has 0 unspecified atom stereocenters. The van der Waals surface area contributed by atoms with Gasteiger partial charge >= 0.3 is 0 Å². The van der Waals surface area contributed by atoms with Crippen LogP contribution in [0.3, 0.4) is 0 Å². The van der Waals surface area contributed by atoms with E-state index in [-0.39, 0.29) is 11.8 Å². The van der Waals surface area contributed by atoms with E-state index in [0.717, 1.165) is 0 Å². The second kappa shape index (κ2) is 6.16. The zero-order chi connectivity index (χ0) is 18.2. The van der Waals surface area contributed by atoms with E-state index in [1.807, 2.05) is 0 Å². The van der Waals surface area contributed by atoms with Gasteiger partial charge in [-0.3, -0.25) is 14.9 Å². The van der Waals surface area contributed by atoms with E-state index in [1.165, 1.54) is 0 Å². The van der Waals surface area contributed by atoms with E-state index in [1.54, 1.807) is 48.0 Å². The standard InChI is InChI=1S/C17H13N7O3/c25-17(12-6-11(21-22-12)14-2-1-5-26-14)24-8-10(9-24)16-20-15(23-27-16)13-7-18-3-4-19-13/h1-7,10H,8-9H2,(H,21,22). The van der Waals surface area contributed by atoms with Crippen LogP contribution in [0, 0.1) is 0 Å². The number of rotatable bonds is 4. The van der Waals surface area contributed by atoms with Gasteiger partial charge in [0.2, 0.25) is 11.7 Å². The molecule has 134 valence electrons. The highest BCUT2D eigenvalue weighted by atomic mass is 16.5. The van der Waals surface area contributed by atoms with E-state index >= 15 is 0 Å². The van der Waals surface area contributed by atoms with Gasteiger partial charge in [0, 0.05) is 31.5 Å². The molecule has 0 spiro atoms. The Morgan fingerprint density at radius 1 is 1.30 bits per heavy atom. The Kier molecular flexibility index (Phi) is 3.52. The normalized spacial score (nSPS) is 14.3. The van der Waals surface area contributed by atoms with Gasteiger partial charge in [-0.1, -0.05) is 5.16 Å². The summed E-state index contributed by atoms with van der Waals surface area (Å²) in [5.74, 6) is 1.34. The first kappa shape index (κ1) is 15.4. The van der Waals surface area contributed by atoms with Crippen molar-refractivity contribution in [2.75, 3.05) is 13.1 Å². The summed E-state index contributed by atoms with van der Waals surface area (Å²) in [5.41, 5.74) is 1.54. The van der Waals surface area contributed by atoms with Crippen molar-refractivity contribution in [3.8, 4) is 23.0 Å². The van der Waals surface area contributed by atoms with Gasteiger partial charge in [-0.15, -0.1) is 0 Å². The van der Waals surface area contributed by atoms with Crippen molar-refractivity contribution in [3.05, 3.63) is 54.6 Å². The molecule has 0 aliphatic carbocycles. The highest BCUT2D eigenvalue weighted by molar-refractivity contribution is 5.93. The number of aromatic amines is 1. The average molecular weight is 363 g/mol. The first-order valence-corrected chi connectivity index (χ1v) is 8.26. The Hall–Kier alpha value is -3.82. The number of furan rings is 1. The lowest BCUT2D eigenvalue weighted by atomic mass is 9.99. The molecular formula is C17H13N7O3. The van der Waals surface area contributed by atoms with Crippen LogP contribution in [0.25, 0.3) is 23.0 Å². The number of likely N-dealkylation sites (tertiary alicyclic amines) is 1. The van der Waals surface area contributed by atoms with E-state index < -0.39 is 0 Å². The second-order valence-electron chi connectivity index (χ2n) is 6.10. The minimum absolute atomic E-state index is 0.00430. The quantitative estimate of drug-likeness (QED) is 0.581. The van der Waals surface area contributed by atoms with E-state index in [4.69, 9.17) is 8.94 Å². The van der Waals surface area contributed by atoms with Gasteiger partial charge in [0.1, 0.15) is 11.4 Å². The number of H-pyrrole nitrogens is 1. The molecule has 1 fully saturated rings. The number of amides is 1. The number of carbonyl (C=O) groups excluding carboxylic acids is 1. The summed E-state index contributed by atoms with van der Waals surface area (Å²) in [6, 6.07) is 5.25. The summed E-state index contributed by atoms with van der Waals surface area (Å²) >= 11 is 0. The molecule has 0 bridgehead atoms. The lowest BCUT2D eigenvalue weighted by Gasteiger charge is -2.36. The highest BCUT2D eigenvalue weighted by Gasteiger charge is 2.37. The predicted octanol–water partition coefficient (Wildman–Crippen LogP) is 1.75.